The number of ether oxygens (including phenoxy) is 3. The van der Waals surface area contributed by atoms with Gasteiger partial charge < -0.3 is 14.2 Å². The molecule has 2 amide bonds. The standard InChI is InChI=1S/C21H25NO6S/c1-6-8-15-9-14(10-16(26-4)19(15)28-12-18(23)27-5)11-17-20(24)22(13(3)7-2)21(25)29-17/h6,9-11,13H,1,7-8,12H2,2-5H3/b17-11+/t13-/m1/s1. The fourth-order valence-corrected chi connectivity index (χ4v) is 3.70. The van der Waals surface area contributed by atoms with Crippen LogP contribution in [-0.2, 0) is 20.7 Å². The van der Waals surface area contributed by atoms with Crippen molar-refractivity contribution in [3.8, 4) is 11.5 Å². The van der Waals surface area contributed by atoms with Gasteiger partial charge in [0, 0.05) is 11.6 Å². The lowest BCUT2D eigenvalue weighted by atomic mass is 10.0. The second-order valence-electron chi connectivity index (χ2n) is 6.38. The van der Waals surface area contributed by atoms with E-state index in [1.165, 1.54) is 19.1 Å². The fraction of sp³-hybridized carbons (Fsp3) is 0.381. The van der Waals surface area contributed by atoms with Crippen LogP contribution in [0.15, 0.2) is 29.7 Å². The molecular weight excluding hydrogens is 394 g/mol. The summed E-state index contributed by atoms with van der Waals surface area (Å²) >= 11 is 0.919. The quantitative estimate of drug-likeness (QED) is 0.342. The summed E-state index contributed by atoms with van der Waals surface area (Å²) in [5.74, 6) is -0.00711. The molecule has 0 bridgehead atoms. The molecule has 1 atom stereocenters. The van der Waals surface area contributed by atoms with Crippen LogP contribution in [0.4, 0.5) is 4.79 Å². The van der Waals surface area contributed by atoms with Crippen molar-refractivity contribution in [2.75, 3.05) is 20.8 Å². The molecule has 0 aliphatic carbocycles. The third kappa shape index (κ3) is 5.20. The van der Waals surface area contributed by atoms with E-state index in [9.17, 15) is 14.4 Å². The molecule has 1 aromatic rings. The normalized spacial score (nSPS) is 16.1. The Hall–Kier alpha value is -2.74. The first kappa shape index (κ1) is 22.5. The van der Waals surface area contributed by atoms with Gasteiger partial charge in [0.25, 0.3) is 11.1 Å². The number of amides is 2. The number of rotatable bonds is 9. The Morgan fingerprint density at radius 1 is 1.31 bits per heavy atom. The first-order valence-electron chi connectivity index (χ1n) is 9.14. The van der Waals surface area contributed by atoms with Gasteiger partial charge in [0.15, 0.2) is 18.1 Å². The largest absolute Gasteiger partial charge is 0.493 e. The van der Waals surface area contributed by atoms with Gasteiger partial charge in [-0.1, -0.05) is 13.0 Å². The lowest BCUT2D eigenvalue weighted by molar-refractivity contribution is -0.143. The highest BCUT2D eigenvalue weighted by molar-refractivity contribution is 8.18. The summed E-state index contributed by atoms with van der Waals surface area (Å²) < 4.78 is 15.6. The van der Waals surface area contributed by atoms with Gasteiger partial charge >= 0.3 is 5.97 Å². The Morgan fingerprint density at radius 3 is 2.62 bits per heavy atom. The van der Waals surface area contributed by atoms with Crippen LogP contribution in [0.5, 0.6) is 11.5 Å². The predicted molar refractivity (Wildman–Crippen MR) is 112 cm³/mol. The van der Waals surface area contributed by atoms with E-state index in [2.05, 4.69) is 11.3 Å². The van der Waals surface area contributed by atoms with Gasteiger partial charge in [-0.25, -0.2) is 4.79 Å². The average molecular weight is 419 g/mol. The van der Waals surface area contributed by atoms with Gasteiger partial charge in [-0.3, -0.25) is 14.5 Å². The number of imide groups is 1. The summed E-state index contributed by atoms with van der Waals surface area (Å²) in [6.07, 6.45) is 4.50. The Balaban J connectivity index is 2.41. The number of allylic oxidation sites excluding steroid dienone is 1. The molecule has 0 radical (unpaired) electrons. The number of methoxy groups -OCH3 is 2. The molecule has 1 fully saturated rings. The lowest BCUT2D eigenvalue weighted by Crippen LogP contribution is -2.36. The Bertz CT molecular complexity index is 848. The molecule has 156 valence electrons. The molecule has 1 aliphatic rings. The molecular formula is C21H25NO6S. The maximum Gasteiger partial charge on any atom is 0.343 e. The molecule has 0 unspecified atom stereocenters. The predicted octanol–water partition coefficient (Wildman–Crippen LogP) is 3.81. The van der Waals surface area contributed by atoms with Gasteiger partial charge in [-0.2, -0.15) is 0 Å². The number of esters is 1. The third-order valence-electron chi connectivity index (χ3n) is 4.45. The van der Waals surface area contributed by atoms with Crippen LogP contribution in [0.25, 0.3) is 6.08 Å². The third-order valence-corrected chi connectivity index (χ3v) is 5.34. The minimum Gasteiger partial charge on any atom is -0.493 e. The van der Waals surface area contributed by atoms with Gasteiger partial charge in [0.2, 0.25) is 0 Å². The van der Waals surface area contributed by atoms with Gasteiger partial charge in [-0.15, -0.1) is 6.58 Å². The summed E-state index contributed by atoms with van der Waals surface area (Å²) in [5.41, 5.74) is 1.41. The second-order valence-corrected chi connectivity index (χ2v) is 7.37. The lowest BCUT2D eigenvalue weighted by Gasteiger charge is -2.19. The van der Waals surface area contributed by atoms with Crippen molar-refractivity contribution in [3.05, 3.63) is 40.8 Å². The second kappa shape index (κ2) is 10.2. The minimum absolute atomic E-state index is 0.159. The molecule has 2 rings (SSSR count). The summed E-state index contributed by atoms with van der Waals surface area (Å²) in [6, 6.07) is 3.35. The zero-order chi connectivity index (χ0) is 21.6. The van der Waals surface area contributed by atoms with E-state index in [0.29, 0.717) is 34.8 Å². The van der Waals surface area contributed by atoms with Crippen LogP contribution in [0.2, 0.25) is 0 Å². The van der Waals surface area contributed by atoms with Crippen molar-refractivity contribution in [1.29, 1.82) is 0 Å². The summed E-state index contributed by atoms with van der Waals surface area (Å²) in [7, 11) is 2.77. The van der Waals surface area contributed by atoms with E-state index in [4.69, 9.17) is 9.47 Å². The van der Waals surface area contributed by atoms with E-state index in [1.54, 1.807) is 18.2 Å². The van der Waals surface area contributed by atoms with Crippen LogP contribution in [0.3, 0.4) is 0 Å². The number of benzene rings is 1. The zero-order valence-electron chi connectivity index (χ0n) is 17.0. The molecule has 0 aromatic heterocycles. The van der Waals surface area contributed by atoms with Crippen LogP contribution in [0, 0.1) is 0 Å². The van der Waals surface area contributed by atoms with Gasteiger partial charge in [0.05, 0.1) is 19.1 Å². The van der Waals surface area contributed by atoms with Crippen molar-refractivity contribution in [3.63, 3.8) is 0 Å². The molecule has 1 heterocycles. The molecule has 8 heteroatoms. The topological polar surface area (TPSA) is 82.1 Å². The Kier molecular flexibility index (Phi) is 7.90. The summed E-state index contributed by atoms with van der Waals surface area (Å²) in [4.78, 5) is 38.0. The first-order chi connectivity index (χ1) is 13.9. The van der Waals surface area contributed by atoms with Gasteiger partial charge in [-0.05, 0) is 55.3 Å². The van der Waals surface area contributed by atoms with E-state index in [-0.39, 0.29) is 23.8 Å². The molecule has 0 saturated carbocycles. The Labute approximate surface area is 174 Å². The van der Waals surface area contributed by atoms with E-state index < -0.39 is 5.97 Å². The van der Waals surface area contributed by atoms with Crippen molar-refractivity contribution >= 4 is 35.0 Å². The molecule has 1 saturated heterocycles. The van der Waals surface area contributed by atoms with E-state index in [0.717, 1.165) is 17.3 Å². The van der Waals surface area contributed by atoms with Crippen molar-refractivity contribution in [2.45, 2.75) is 32.7 Å². The molecule has 0 spiro atoms. The number of thioether (sulfide) groups is 1. The van der Waals surface area contributed by atoms with Crippen molar-refractivity contribution < 1.29 is 28.6 Å². The number of carbonyl (C=O) groups is 3. The smallest absolute Gasteiger partial charge is 0.343 e. The molecule has 1 aliphatic heterocycles. The SMILES string of the molecule is C=CCc1cc(/C=C2/SC(=O)N([C@H](C)CC)C2=O)cc(OC)c1OCC(=O)OC. The van der Waals surface area contributed by atoms with Gasteiger partial charge in [0.1, 0.15) is 0 Å². The highest BCUT2D eigenvalue weighted by Gasteiger charge is 2.37. The van der Waals surface area contributed by atoms with Crippen molar-refractivity contribution in [1.82, 2.24) is 4.90 Å². The van der Waals surface area contributed by atoms with Crippen LogP contribution in [0.1, 0.15) is 31.4 Å². The summed E-state index contributed by atoms with van der Waals surface area (Å²) in [5, 5.41) is -0.271. The highest BCUT2D eigenvalue weighted by Crippen LogP contribution is 2.37. The van der Waals surface area contributed by atoms with Crippen LogP contribution in [-0.4, -0.2) is 48.9 Å². The monoisotopic (exact) mass is 419 g/mol. The average Bonchev–Trinajstić information content (AvgIpc) is 2.99. The minimum atomic E-state index is -0.514. The molecule has 7 nitrogen and oxygen atoms in total. The Morgan fingerprint density at radius 2 is 2.03 bits per heavy atom. The summed E-state index contributed by atoms with van der Waals surface area (Å²) in [6.45, 7) is 7.26. The number of hydrogen-bond donors (Lipinski definition) is 0. The molecule has 0 N–H and O–H groups in total. The van der Waals surface area contributed by atoms with E-state index in [1.807, 2.05) is 19.9 Å². The van der Waals surface area contributed by atoms with E-state index >= 15 is 0 Å². The fourth-order valence-electron chi connectivity index (χ4n) is 2.77. The molecule has 29 heavy (non-hydrogen) atoms. The number of hydrogen-bond acceptors (Lipinski definition) is 7. The van der Waals surface area contributed by atoms with Crippen LogP contribution < -0.4 is 9.47 Å². The maximum absolute atomic E-state index is 12.7. The van der Waals surface area contributed by atoms with Crippen LogP contribution >= 0.6 is 11.8 Å². The highest BCUT2D eigenvalue weighted by atomic mass is 32.2. The molecule has 1 aromatic carbocycles. The number of carbonyl (C=O) groups excluding carboxylic acids is 3. The zero-order valence-corrected chi connectivity index (χ0v) is 17.8. The maximum atomic E-state index is 12.7. The number of nitrogens with zero attached hydrogens (tertiary/aromatic N) is 1. The van der Waals surface area contributed by atoms with Crippen molar-refractivity contribution in [2.24, 2.45) is 0 Å². The first-order valence-corrected chi connectivity index (χ1v) is 9.96.